The Kier molecular flexibility index (Phi) is 4.87. The van der Waals surface area contributed by atoms with E-state index in [0.29, 0.717) is 11.9 Å². The molecule has 0 spiro atoms. The van der Waals surface area contributed by atoms with Gasteiger partial charge in [0.1, 0.15) is 12.3 Å². The van der Waals surface area contributed by atoms with Gasteiger partial charge < -0.3 is 10.1 Å². The molecule has 0 aliphatic rings. The molecule has 3 aromatic carbocycles. The lowest BCUT2D eigenvalue weighted by Crippen LogP contribution is -2.36. The second-order valence-electron chi connectivity index (χ2n) is 6.70. The molecule has 0 saturated carbocycles. The van der Waals surface area contributed by atoms with E-state index in [0.717, 1.165) is 26.8 Å². The number of aromatic amines is 1. The van der Waals surface area contributed by atoms with Crippen LogP contribution in [0.5, 0.6) is 5.75 Å². The summed E-state index contributed by atoms with van der Waals surface area (Å²) in [4.78, 5) is 36.9. The standard InChI is InChI=1S/C22H19N3O4/c1-29-17-9-8-15-10-14(6-7-16(15)11-17)12-23-20(26)13-25-22(28)19-5-3-2-4-18(19)21(27)24-25/h2-11H,12-13H2,1H3,(H,23,26)(H,24,27). The first kappa shape index (κ1) is 18.5. The van der Waals surface area contributed by atoms with Gasteiger partial charge in [-0.3, -0.25) is 19.5 Å². The van der Waals surface area contributed by atoms with Gasteiger partial charge in [-0.1, -0.05) is 30.3 Å². The Morgan fingerprint density at radius 1 is 1.00 bits per heavy atom. The van der Waals surface area contributed by atoms with Crippen molar-refractivity contribution in [3.63, 3.8) is 0 Å². The number of nitrogens with one attached hydrogen (secondary N) is 2. The van der Waals surface area contributed by atoms with Gasteiger partial charge in [0.15, 0.2) is 0 Å². The molecule has 4 rings (SSSR count). The van der Waals surface area contributed by atoms with E-state index in [9.17, 15) is 14.4 Å². The first-order valence-electron chi connectivity index (χ1n) is 9.10. The van der Waals surface area contributed by atoms with Gasteiger partial charge in [0.25, 0.3) is 11.1 Å². The third-order valence-corrected chi connectivity index (χ3v) is 4.79. The fourth-order valence-electron chi connectivity index (χ4n) is 3.27. The van der Waals surface area contributed by atoms with Crippen molar-refractivity contribution >= 4 is 27.5 Å². The van der Waals surface area contributed by atoms with Crippen molar-refractivity contribution in [2.24, 2.45) is 0 Å². The molecule has 0 aliphatic carbocycles. The van der Waals surface area contributed by atoms with Crippen LogP contribution in [0.25, 0.3) is 21.5 Å². The van der Waals surface area contributed by atoms with Crippen molar-refractivity contribution in [3.05, 3.63) is 86.9 Å². The van der Waals surface area contributed by atoms with Crippen molar-refractivity contribution < 1.29 is 9.53 Å². The van der Waals surface area contributed by atoms with Gasteiger partial charge in [0.05, 0.1) is 17.9 Å². The number of nitrogens with zero attached hydrogens (tertiary/aromatic N) is 1. The first-order valence-corrected chi connectivity index (χ1v) is 9.10. The van der Waals surface area contributed by atoms with E-state index in [1.807, 2.05) is 36.4 Å². The monoisotopic (exact) mass is 389 g/mol. The molecular formula is C22H19N3O4. The number of rotatable bonds is 5. The minimum atomic E-state index is -0.407. The van der Waals surface area contributed by atoms with Crippen molar-refractivity contribution in [1.29, 1.82) is 0 Å². The zero-order valence-corrected chi connectivity index (χ0v) is 15.8. The van der Waals surface area contributed by atoms with Gasteiger partial charge in [-0.15, -0.1) is 0 Å². The average Bonchev–Trinajstić information content (AvgIpc) is 2.75. The number of hydrogen-bond donors (Lipinski definition) is 2. The maximum Gasteiger partial charge on any atom is 0.273 e. The fourth-order valence-corrected chi connectivity index (χ4v) is 3.27. The Morgan fingerprint density at radius 2 is 1.72 bits per heavy atom. The van der Waals surface area contributed by atoms with Gasteiger partial charge in [-0.05, 0) is 46.7 Å². The zero-order chi connectivity index (χ0) is 20.4. The van der Waals surface area contributed by atoms with E-state index in [4.69, 9.17) is 4.74 Å². The largest absolute Gasteiger partial charge is 0.497 e. The number of H-pyrrole nitrogens is 1. The molecule has 146 valence electrons. The molecule has 7 nitrogen and oxygen atoms in total. The number of fused-ring (bicyclic) bond motifs is 2. The molecule has 1 heterocycles. The van der Waals surface area contributed by atoms with Crippen LogP contribution in [0.2, 0.25) is 0 Å². The molecule has 0 saturated heterocycles. The molecule has 4 aromatic rings. The Hall–Kier alpha value is -3.87. The number of ether oxygens (including phenoxy) is 1. The minimum Gasteiger partial charge on any atom is -0.497 e. The summed E-state index contributed by atoms with van der Waals surface area (Å²) in [5.41, 5.74) is 0.114. The van der Waals surface area contributed by atoms with Gasteiger partial charge in [-0.25, -0.2) is 4.68 Å². The van der Waals surface area contributed by atoms with Crippen LogP contribution in [0.4, 0.5) is 0 Å². The zero-order valence-electron chi connectivity index (χ0n) is 15.8. The molecule has 0 radical (unpaired) electrons. The Labute approximate surface area is 165 Å². The molecule has 2 N–H and O–H groups in total. The first-order chi connectivity index (χ1) is 14.0. The van der Waals surface area contributed by atoms with Crippen LogP contribution >= 0.6 is 0 Å². The Morgan fingerprint density at radius 3 is 2.52 bits per heavy atom. The molecule has 7 heteroatoms. The molecule has 0 bridgehead atoms. The maximum absolute atomic E-state index is 12.5. The van der Waals surface area contributed by atoms with E-state index in [2.05, 4.69) is 10.4 Å². The number of methoxy groups -OCH3 is 1. The lowest BCUT2D eigenvalue weighted by molar-refractivity contribution is -0.122. The summed E-state index contributed by atoms with van der Waals surface area (Å²) < 4.78 is 6.26. The van der Waals surface area contributed by atoms with Crippen LogP contribution in [-0.2, 0) is 17.9 Å². The molecular weight excluding hydrogens is 370 g/mol. The highest BCUT2D eigenvalue weighted by molar-refractivity contribution is 5.85. The highest BCUT2D eigenvalue weighted by Crippen LogP contribution is 2.21. The van der Waals surface area contributed by atoms with E-state index >= 15 is 0 Å². The van der Waals surface area contributed by atoms with E-state index in [1.165, 1.54) is 0 Å². The summed E-state index contributed by atoms with van der Waals surface area (Å²) in [6, 6.07) is 18.2. The normalized spacial score (nSPS) is 10.9. The molecule has 1 aromatic heterocycles. The van der Waals surface area contributed by atoms with Gasteiger partial charge in [-0.2, -0.15) is 0 Å². The molecule has 0 aliphatic heterocycles. The SMILES string of the molecule is COc1ccc2cc(CNC(=O)Cn3[nH]c(=O)c4ccccc4c3=O)ccc2c1. The number of aromatic nitrogens is 2. The third-order valence-electron chi connectivity index (χ3n) is 4.79. The summed E-state index contributed by atoms with van der Waals surface area (Å²) in [5, 5.41) is 7.91. The highest BCUT2D eigenvalue weighted by Gasteiger charge is 2.10. The van der Waals surface area contributed by atoms with Gasteiger partial charge in [0, 0.05) is 6.54 Å². The van der Waals surface area contributed by atoms with Crippen LogP contribution in [0.15, 0.2) is 70.3 Å². The van der Waals surface area contributed by atoms with Crippen LogP contribution in [-0.4, -0.2) is 22.8 Å². The molecule has 29 heavy (non-hydrogen) atoms. The lowest BCUT2D eigenvalue weighted by Gasteiger charge is -2.09. The van der Waals surface area contributed by atoms with Crippen molar-refractivity contribution in [1.82, 2.24) is 15.1 Å². The third kappa shape index (κ3) is 3.75. The second-order valence-corrected chi connectivity index (χ2v) is 6.70. The second kappa shape index (κ2) is 7.63. The van der Waals surface area contributed by atoms with Crippen LogP contribution in [0.3, 0.4) is 0 Å². The summed E-state index contributed by atoms with van der Waals surface area (Å²) in [6.07, 6.45) is 0. The van der Waals surface area contributed by atoms with Crippen molar-refractivity contribution in [2.45, 2.75) is 13.1 Å². The number of benzene rings is 3. The number of carbonyl (C=O) groups is 1. The van der Waals surface area contributed by atoms with Gasteiger partial charge in [0.2, 0.25) is 5.91 Å². The predicted molar refractivity (Wildman–Crippen MR) is 111 cm³/mol. The molecule has 0 fully saturated rings. The average molecular weight is 389 g/mol. The number of carbonyl (C=O) groups excluding carboxylic acids is 1. The van der Waals surface area contributed by atoms with Crippen LogP contribution < -0.4 is 21.2 Å². The summed E-state index contributed by atoms with van der Waals surface area (Å²) in [7, 11) is 1.62. The molecule has 0 atom stereocenters. The minimum absolute atomic E-state index is 0.260. The summed E-state index contributed by atoms with van der Waals surface area (Å²) in [6.45, 7) is 0.0526. The maximum atomic E-state index is 12.5. The predicted octanol–water partition coefficient (Wildman–Crippen LogP) is 2.17. The smallest absolute Gasteiger partial charge is 0.273 e. The summed E-state index contributed by atoms with van der Waals surface area (Å²) in [5.74, 6) is 0.418. The quantitative estimate of drug-likeness (QED) is 0.547. The number of amides is 1. The molecule has 0 unspecified atom stereocenters. The van der Waals surface area contributed by atoms with Crippen LogP contribution in [0.1, 0.15) is 5.56 Å². The van der Waals surface area contributed by atoms with Crippen LogP contribution in [0, 0.1) is 0 Å². The van der Waals surface area contributed by atoms with Crippen molar-refractivity contribution in [2.75, 3.05) is 7.11 Å². The Bertz CT molecular complexity index is 1340. The fraction of sp³-hybridized carbons (Fsp3) is 0.136. The highest BCUT2D eigenvalue weighted by atomic mass is 16.5. The van der Waals surface area contributed by atoms with E-state index in [-0.39, 0.29) is 17.8 Å². The van der Waals surface area contributed by atoms with Crippen molar-refractivity contribution in [3.8, 4) is 5.75 Å². The van der Waals surface area contributed by atoms with Gasteiger partial charge >= 0.3 is 0 Å². The summed E-state index contributed by atoms with van der Waals surface area (Å²) >= 11 is 0. The number of hydrogen-bond acceptors (Lipinski definition) is 4. The lowest BCUT2D eigenvalue weighted by atomic mass is 10.1. The van der Waals surface area contributed by atoms with E-state index < -0.39 is 11.1 Å². The van der Waals surface area contributed by atoms with E-state index in [1.54, 1.807) is 31.4 Å². The Balaban J connectivity index is 1.49. The molecule has 1 amide bonds. The topological polar surface area (TPSA) is 93.2 Å².